The highest BCUT2D eigenvalue weighted by Gasteiger charge is 2.27. The Balaban J connectivity index is 1.84. The fourth-order valence-corrected chi connectivity index (χ4v) is 3.73. The van der Waals surface area contributed by atoms with Crippen molar-refractivity contribution < 1.29 is 29.0 Å². The zero-order chi connectivity index (χ0) is 24.0. The number of hydrogen-bond acceptors (Lipinski definition) is 8. The number of cyclic esters (lactones) is 1. The number of aryl methyl sites for hydroxylation is 1. The predicted molar refractivity (Wildman–Crippen MR) is 120 cm³/mol. The molecule has 0 spiro atoms. The molecule has 0 aliphatic carbocycles. The van der Waals surface area contributed by atoms with Crippen LogP contribution in [0, 0.1) is 5.92 Å². The van der Waals surface area contributed by atoms with Crippen LogP contribution in [-0.4, -0.2) is 50.6 Å². The quantitative estimate of drug-likeness (QED) is 0.532. The third-order valence-corrected chi connectivity index (χ3v) is 5.94. The molecule has 3 rings (SSSR count). The molecule has 0 fully saturated rings. The van der Waals surface area contributed by atoms with Gasteiger partial charge in [-0.05, 0) is 43.7 Å². The lowest BCUT2D eigenvalue weighted by molar-refractivity contribution is -0.144. The van der Waals surface area contributed by atoms with Gasteiger partial charge in [-0.25, -0.2) is 9.78 Å². The van der Waals surface area contributed by atoms with Gasteiger partial charge in [0.15, 0.2) is 0 Å². The van der Waals surface area contributed by atoms with Crippen molar-refractivity contribution in [3.05, 3.63) is 42.0 Å². The van der Waals surface area contributed by atoms with E-state index in [0.29, 0.717) is 30.8 Å². The number of anilines is 1. The van der Waals surface area contributed by atoms with Gasteiger partial charge in [0, 0.05) is 50.1 Å². The molecule has 1 aromatic heterocycles. The normalized spacial score (nSPS) is 20.7. The number of carbonyl (C=O) groups is 4. The van der Waals surface area contributed by atoms with E-state index >= 15 is 0 Å². The van der Waals surface area contributed by atoms with E-state index in [4.69, 9.17) is 4.74 Å². The van der Waals surface area contributed by atoms with Gasteiger partial charge < -0.3 is 19.7 Å². The Kier molecular flexibility index (Phi) is 7.97. The number of hydrogen-bond donors (Lipinski definition) is 2. The minimum absolute atomic E-state index is 0.0566. The lowest BCUT2D eigenvalue weighted by atomic mass is 9.94. The van der Waals surface area contributed by atoms with E-state index in [2.05, 4.69) is 10.3 Å². The summed E-state index contributed by atoms with van der Waals surface area (Å²) in [6.07, 6.45) is 5.32. The molecule has 2 N–H and O–H groups in total. The Hall–Kier alpha value is -3.49. The number of imidazole rings is 1. The highest BCUT2D eigenvalue weighted by atomic mass is 16.5. The van der Waals surface area contributed by atoms with E-state index in [1.54, 1.807) is 32.4 Å². The van der Waals surface area contributed by atoms with Crippen LogP contribution in [0.4, 0.5) is 5.69 Å². The first-order valence-corrected chi connectivity index (χ1v) is 11.1. The third kappa shape index (κ3) is 6.27. The highest BCUT2D eigenvalue weighted by Crippen LogP contribution is 2.30. The van der Waals surface area contributed by atoms with Crippen molar-refractivity contribution in [2.75, 3.05) is 11.9 Å². The molecule has 0 amide bonds. The third-order valence-electron chi connectivity index (χ3n) is 5.94. The maximum absolute atomic E-state index is 12.9. The molecule has 0 saturated carbocycles. The molecule has 0 unspecified atom stereocenters. The number of Topliss-reactive ketones (excluding diaryl/α,β-unsaturated/α-hetero) is 3. The summed E-state index contributed by atoms with van der Waals surface area (Å²) in [6.45, 7) is 4.72. The van der Waals surface area contributed by atoms with Crippen molar-refractivity contribution in [1.29, 1.82) is 0 Å². The van der Waals surface area contributed by atoms with Gasteiger partial charge in [0.05, 0.1) is 6.33 Å². The molecule has 33 heavy (non-hydrogen) atoms. The van der Waals surface area contributed by atoms with Gasteiger partial charge in [-0.2, -0.15) is 0 Å². The fourth-order valence-electron chi connectivity index (χ4n) is 3.73. The molecule has 1 aliphatic rings. The first-order valence-electron chi connectivity index (χ1n) is 11.1. The van der Waals surface area contributed by atoms with Gasteiger partial charge in [-0.1, -0.05) is 6.92 Å². The maximum atomic E-state index is 12.9. The topological polar surface area (TPSA) is 128 Å². The van der Waals surface area contributed by atoms with Gasteiger partial charge in [-0.15, -0.1) is 0 Å². The second-order valence-corrected chi connectivity index (χ2v) is 8.41. The van der Waals surface area contributed by atoms with E-state index in [1.807, 2.05) is 10.8 Å². The van der Waals surface area contributed by atoms with Crippen molar-refractivity contribution in [2.24, 2.45) is 5.92 Å². The molecule has 0 bridgehead atoms. The number of ether oxygens (including phenoxy) is 1. The second kappa shape index (κ2) is 10.9. The summed E-state index contributed by atoms with van der Waals surface area (Å²) < 4.78 is 7.47. The van der Waals surface area contributed by atoms with Crippen LogP contribution in [0.1, 0.15) is 55.5 Å². The van der Waals surface area contributed by atoms with Gasteiger partial charge in [0.1, 0.15) is 17.4 Å². The molecule has 1 aliphatic heterocycles. The zero-order valence-corrected chi connectivity index (χ0v) is 18.9. The molecule has 0 radical (unpaired) electrons. The number of nitrogens with one attached hydrogen (secondary N) is 1. The van der Waals surface area contributed by atoms with Crippen molar-refractivity contribution in [1.82, 2.24) is 9.55 Å². The lowest BCUT2D eigenvalue weighted by Crippen LogP contribution is -2.27. The number of esters is 1. The Morgan fingerprint density at radius 2 is 1.88 bits per heavy atom. The van der Waals surface area contributed by atoms with Gasteiger partial charge in [0.2, 0.25) is 11.6 Å². The summed E-state index contributed by atoms with van der Waals surface area (Å²) in [7, 11) is 0. The Morgan fingerprint density at radius 1 is 1.12 bits per heavy atom. The summed E-state index contributed by atoms with van der Waals surface area (Å²) in [5.41, 5.74) is 1.18. The van der Waals surface area contributed by atoms with Crippen molar-refractivity contribution in [2.45, 2.75) is 58.6 Å². The predicted octanol–water partition coefficient (Wildman–Crippen LogP) is 2.71. The van der Waals surface area contributed by atoms with Crippen LogP contribution in [0.2, 0.25) is 0 Å². The van der Waals surface area contributed by atoms with E-state index in [1.165, 1.54) is 6.07 Å². The SMILES string of the molecule is C[C@@H]1CCC(=O)C(=O)C(=O)CCCc2cc(NCCn3ccnc3)cc(O)c2C(=O)O[C@H]1C. The van der Waals surface area contributed by atoms with E-state index in [-0.39, 0.29) is 42.9 Å². The average Bonchev–Trinajstić information content (AvgIpc) is 3.29. The zero-order valence-electron chi connectivity index (χ0n) is 18.9. The fraction of sp³-hybridized carbons (Fsp3) is 0.458. The molecule has 1 aromatic carbocycles. The van der Waals surface area contributed by atoms with E-state index in [0.717, 1.165) is 0 Å². The largest absolute Gasteiger partial charge is 0.507 e. The highest BCUT2D eigenvalue weighted by molar-refractivity contribution is 6.63. The number of ketones is 3. The summed E-state index contributed by atoms with van der Waals surface area (Å²) in [5.74, 6) is -3.48. The van der Waals surface area contributed by atoms with Crippen molar-refractivity contribution >= 4 is 29.0 Å². The average molecular weight is 456 g/mol. The summed E-state index contributed by atoms with van der Waals surface area (Å²) in [5, 5.41) is 13.9. The molecule has 176 valence electrons. The molecule has 9 heteroatoms. The summed E-state index contributed by atoms with van der Waals surface area (Å²) >= 11 is 0. The Bertz CT molecular complexity index is 1030. The number of carbonyl (C=O) groups excluding carboxylic acids is 4. The number of rotatable bonds is 4. The minimum atomic E-state index is -0.970. The summed E-state index contributed by atoms with van der Waals surface area (Å²) in [4.78, 5) is 53.2. The molecular formula is C24H29N3O6. The van der Waals surface area contributed by atoms with Crippen molar-refractivity contribution in [3.8, 4) is 5.75 Å². The standard InChI is InChI=1S/C24H29N3O6/c1-15-6-7-20(29)23(31)19(28)5-3-4-17-12-18(26-9-11-27-10-8-25-14-27)13-21(30)22(17)24(32)33-16(15)2/h8,10,12-16,26,30H,3-7,9,11H2,1-2H3/t15-,16+/m1/s1. The second-order valence-electron chi connectivity index (χ2n) is 8.41. The molecular weight excluding hydrogens is 426 g/mol. The lowest BCUT2D eigenvalue weighted by Gasteiger charge is -2.22. The van der Waals surface area contributed by atoms with E-state index < -0.39 is 29.4 Å². The first kappa shape index (κ1) is 24.2. The molecule has 0 saturated heterocycles. The smallest absolute Gasteiger partial charge is 0.342 e. The van der Waals surface area contributed by atoms with Gasteiger partial charge in [0.25, 0.3) is 5.78 Å². The number of aromatic nitrogens is 2. The number of phenolic OH excluding ortho intramolecular Hbond substituents is 1. The number of nitrogens with zero attached hydrogens (tertiary/aromatic N) is 2. The number of phenols is 1. The van der Waals surface area contributed by atoms with Crippen LogP contribution in [0.25, 0.3) is 0 Å². The van der Waals surface area contributed by atoms with Crippen LogP contribution < -0.4 is 5.32 Å². The molecule has 2 atom stereocenters. The molecule has 2 heterocycles. The molecule has 9 nitrogen and oxygen atoms in total. The monoisotopic (exact) mass is 455 g/mol. The molecule has 2 aromatic rings. The Morgan fingerprint density at radius 3 is 2.61 bits per heavy atom. The number of aromatic hydroxyl groups is 1. The number of benzene rings is 1. The van der Waals surface area contributed by atoms with Crippen LogP contribution in [0.15, 0.2) is 30.9 Å². The van der Waals surface area contributed by atoms with Crippen LogP contribution in [0.5, 0.6) is 5.75 Å². The van der Waals surface area contributed by atoms with Crippen LogP contribution in [0.3, 0.4) is 0 Å². The van der Waals surface area contributed by atoms with Crippen LogP contribution >= 0.6 is 0 Å². The van der Waals surface area contributed by atoms with Gasteiger partial charge >= 0.3 is 5.97 Å². The maximum Gasteiger partial charge on any atom is 0.342 e. The first-order chi connectivity index (χ1) is 15.8. The summed E-state index contributed by atoms with van der Waals surface area (Å²) in [6, 6.07) is 3.21. The Labute approximate surface area is 192 Å². The number of fused-ring (bicyclic) bond motifs is 1. The van der Waals surface area contributed by atoms with Crippen LogP contribution in [-0.2, 0) is 32.1 Å². The van der Waals surface area contributed by atoms with Crippen molar-refractivity contribution in [3.63, 3.8) is 0 Å². The van der Waals surface area contributed by atoms with Gasteiger partial charge in [-0.3, -0.25) is 14.4 Å². The minimum Gasteiger partial charge on any atom is -0.507 e. The van der Waals surface area contributed by atoms with E-state index in [9.17, 15) is 24.3 Å².